The summed E-state index contributed by atoms with van der Waals surface area (Å²) in [6.45, 7) is 3.01. The molecule has 4 aromatic rings. The number of rotatable bonds is 10. The predicted molar refractivity (Wildman–Crippen MR) is 140 cm³/mol. The highest BCUT2D eigenvalue weighted by Gasteiger charge is 2.30. The quantitative estimate of drug-likeness (QED) is 0.292. The average Bonchev–Trinajstić information content (AvgIpc) is 3.38. The van der Waals surface area contributed by atoms with Gasteiger partial charge in [-0.2, -0.15) is 0 Å². The Bertz CT molecular complexity index is 1550. The Labute approximate surface area is 222 Å². The van der Waals surface area contributed by atoms with Crippen molar-refractivity contribution in [3.8, 4) is 17.1 Å². The van der Waals surface area contributed by atoms with Gasteiger partial charge in [-0.25, -0.2) is 9.37 Å². The number of aromatic nitrogens is 4. The lowest BCUT2D eigenvalue weighted by Gasteiger charge is -2.20. The monoisotopic (exact) mass is 534 g/mol. The molecule has 2 aromatic heterocycles. The van der Waals surface area contributed by atoms with E-state index in [1.807, 2.05) is 18.2 Å². The molecule has 202 valence electrons. The molecule has 1 atom stereocenters. The van der Waals surface area contributed by atoms with E-state index >= 15 is 0 Å². The summed E-state index contributed by atoms with van der Waals surface area (Å²) in [4.78, 5) is 43.2. The van der Waals surface area contributed by atoms with Crippen LogP contribution in [0.25, 0.3) is 11.4 Å². The van der Waals surface area contributed by atoms with Crippen molar-refractivity contribution in [2.75, 3.05) is 12.8 Å². The fraction of sp³-hybridized carbons (Fsp3) is 0.259. The van der Waals surface area contributed by atoms with E-state index < -0.39 is 35.7 Å². The summed E-state index contributed by atoms with van der Waals surface area (Å²) in [6.07, 6.45) is 1.46. The van der Waals surface area contributed by atoms with Gasteiger partial charge in [-0.15, -0.1) is 10.2 Å². The molecule has 2 aromatic carbocycles. The molecule has 0 aliphatic heterocycles. The number of ether oxygens (including phenoxy) is 1. The SMILES string of the molecule is COc1cccc(Cc2nnc(C(=O)C(NC(=O)Cn3c(-c4ccc(F)cc4)ncc(N)c3=O)C(C)C)o2)c1. The van der Waals surface area contributed by atoms with Crippen LogP contribution in [0.4, 0.5) is 10.1 Å². The van der Waals surface area contributed by atoms with Crippen LogP contribution in [0.2, 0.25) is 0 Å². The Hall–Kier alpha value is -4.87. The predicted octanol–water partition coefficient (Wildman–Crippen LogP) is 2.64. The zero-order valence-electron chi connectivity index (χ0n) is 21.6. The van der Waals surface area contributed by atoms with E-state index in [1.165, 1.54) is 30.5 Å². The Morgan fingerprint density at radius 3 is 2.59 bits per heavy atom. The standard InChI is InChI=1S/C27H27FN6O5/c1-15(2)23(24(36)26-33-32-22(39-26)12-16-5-4-6-19(11-16)38-3)31-21(35)14-34-25(30-13-20(29)27(34)37)17-7-9-18(28)10-8-17/h4-11,13,15,23H,12,14,29H2,1-3H3,(H,31,35). The number of nitrogen functional groups attached to an aromatic ring is 1. The van der Waals surface area contributed by atoms with Crippen molar-refractivity contribution in [2.24, 2.45) is 5.92 Å². The van der Waals surface area contributed by atoms with Crippen molar-refractivity contribution in [1.82, 2.24) is 25.1 Å². The van der Waals surface area contributed by atoms with Crippen molar-refractivity contribution >= 4 is 17.4 Å². The largest absolute Gasteiger partial charge is 0.497 e. The van der Waals surface area contributed by atoms with E-state index in [2.05, 4.69) is 20.5 Å². The highest BCUT2D eigenvalue weighted by molar-refractivity contribution is 5.98. The molecular formula is C27H27FN6O5. The van der Waals surface area contributed by atoms with Gasteiger partial charge in [0.1, 0.15) is 29.6 Å². The topological polar surface area (TPSA) is 155 Å². The van der Waals surface area contributed by atoms with E-state index in [9.17, 15) is 18.8 Å². The molecule has 11 nitrogen and oxygen atoms in total. The summed E-state index contributed by atoms with van der Waals surface area (Å²) in [5.74, 6) is -1.26. The van der Waals surface area contributed by atoms with Crippen molar-refractivity contribution < 1.29 is 23.1 Å². The summed E-state index contributed by atoms with van der Waals surface area (Å²) in [7, 11) is 1.56. The number of hydrogen-bond donors (Lipinski definition) is 2. The van der Waals surface area contributed by atoms with Gasteiger partial charge in [0.15, 0.2) is 0 Å². The molecule has 1 amide bonds. The van der Waals surface area contributed by atoms with Crippen molar-refractivity contribution in [1.29, 1.82) is 0 Å². The fourth-order valence-corrected chi connectivity index (χ4v) is 3.90. The number of carbonyl (C=O) groups is 2. The first kappa shape index (κ1) is 27.2. The second kappa shape index (κ2) is 11.7. The number of methoxy groups -OCH3 is 1. The lowest BCUT2D eigenvalue weighted by molar-refractivity contribution is -0.122. The Morgan fingerprint density at radius 1 is 1.15 bits per heavy atom. The molecule has 0 radical (unpaired) electrons. The van der Waals surface area contributed by atoms with E-state index in [1.54, 1.807) is 27.0 Å². The maximum Gasteiger partial charge on any atom is 0.286 e. The van der Waals surface area contributed by atoms with E-state index in [0.29, 0.717) is 11.3 Å². The van der Waals surface area contributed by atoms with Crippen molar-refractivity contribution in [3.63, 3.8) is 0 Å². The van der Waals surface area contributed by atoms with Gasteiger partial charge in [0.05, 0.1) is 25.8 Å². The minimum Gasteiger partial charge on any atom is -0.497 e. The second-order valence-electron chi connectivity index (χ2n) is 9.12. The third-order valence-corrected chi connectivity index (χ3v) is 5.91. The molecule has 1 unspecified atom stereocenters. The summed E-state index contributed by atoms with van der Waals surface area (Å²) in [6, 6.07) is 11.6. The van der Waals surface area contributed by atoms with Gasteiger partial charge in [-0.1, -0.05) is 26.0 Å². The molecule has 0 saturated heterocycles. The van der Waals surface area contributed by atoms with Crippen LogP contribution in [0, 0.1) is 11.7 Å². The van der Waals surface area contributed by atoms with Gasteiger partial charge in [0, 0.05) is 5.56 Å². The number of anilines is 1. The van der Waals surface area contributed by atoms with E-state index in [4.69, 9.17) is 14.9 Å². The number of nitrogens with zero attached hydrogens (tertiary/aromatic N) is 4. The van der Waals surface area contributed by atoms with Crippen LogP contribution in [0.1, 0.15) is 36.0 Å². The molecule has 12 heteroatoms. The smallest absolute Gasteiger partial charge is 0.286 e. The van der Waals surface area contributed by atoms with Crippen LogP contribution in [0.15, 0.2) is 63.9 Å². The number of nitrogens with one attached hydrogen (secondary N) is 1. The summed E-state index contributed by atoms with van der Waals surface area (Å²) in [5.41, 5.74) is 6.18. The lowest BCUT2D eigenvalue weighted by atomic mass is 9.99. The highest BCUT2D eigenvalue weighted by atomic mass is 19.1. The first-order chi connectivity index (χ1) is 18.7. The van der Waals surface area contributed by atoms with Gasteiger partial charge in [-0.3, -0.25) is 19.0 Å². The maximum atomic E-state index is 13.4. The third-order valence-electron chi connectivity index (χ3n) is 5.91. The van der Waals surface area contributed by atoms with Gasteiger partial charge >= 0.3 is 0 Å². The number of halogens is 1. The number of hydrogen-bond acceptors (Lipinski definition) is 9. The summed E-state index contributed by atoms with van der Waals surface area (Å²) in [5, 5.41) is 10.5. The van der Waals surface area contributed by atoms with E-state index in [-0.39, 0.29) is 35.6 Å². The van der Waals surface area contributed by atoms with Gasteiger partial charge in [-0.05, 0) is 47.9 Å². The van der Waals surface area contributed by atoms with Crippen molar-refractivity contribution in [2.45, 2.75) is 32.9 Å². The van der Waals surface area contributed by atoms with Crippen LogP contribution >= 0.6 is 0 Å². The van der Waals surface area contributed by atoms with Gasteiger partial charge < -0.3 is 20.2 Å². The number of carbonyl (C=O) groups excluding carboxylic acids is 2. The molecule has 0 bridgehead atoms. The molecule has 0 spiro atoms. The molecule has 0 aliphatic rings. The molecule has 3 N–H and O–H groups in total. The molecule has 0 saturated carbocycles. The molecule has 4 rings (SSSR count). The Kier molecular flexibility index (Phi) is 8.13. The zero-order chi connectivity index (χ0) is 28.1. The molecule has 2 heterocycles. The molecular weight excluding hydrogens is 507 g/mol. The van der Waals surface area contributed by atoms with Gasteiger partial charge in [0.2, 0.25) is 17.6 Å². The first-order valence-electron chi connectivity index (χ1n) is 12.1. The van der Waals surface area contributed by atoms with Crippen LogP contribution in [0.5, 0.6) is 5.75 Å². The van der Waals surface area contributed by atoms with Crippen LogP contribution in [-0.2, 0) is 17.8 Å². The number of Topliss-reactive ketones (excluding diaryl/α,β-unsaturated/α-hetero) is 1. The number of amides is 1. The first-order valence-corrected chi connectivity index (χ1v) is 12.1. The second-order valence-corrected chi connectivity index (χ2v) is 9.12. The normalized spacial score (nSPS) is 11.8. The maximum absolute atomic E-state index is 13.4. The van der Waals surface area contributed by atoms with Crippen molar-refractivity contribution in [3.05, 3.63) is 88.2 Å². The minimum absolute atomic E-state index is 0.121. The Balaban J connectivity index is 1.51. The molecule has 0 aliphatic carbocycles. The molecule has 0 fully saturated rings. The van der Waals surface area contributed by atoms with Crippen LogP contribution in [0.3, 0.4) is 0 Å². The number of nitrogens with two attached hydrogens (primary N) is 1. The highest BCUT2D eigenvalue weighted by Crippen LogP contribution is 2.18. The minimum atomic E-state index is -1.01. The number of ketones is 1. The number of benzene rings is 2. The Morgan fingerprint density at radius 2 is 1.90 bits per heavy atom. The zero-order valence-corrected chi connectivity index (χ0v) is 21.6. The van der Waals surface area contributed by atoms with Crippen LogP contribution < -0.4 is 21.3 Å². The third kappa shape index (κ3) is 6.35. The lowest BCUT2D eigenvalue weighted by Crippen LogP contribution is -2.46. The summed E-state index contributed by atoms with van der Waals surface area (Å²) < 4.78 is 25.3. The van der Waals surface area contributed by atoms with E-state index in [0.717, 1.165) is 10.1 Å². The van der Waals surface area contributed by atoms with Gasteiger partial charge in [0.25, 0.3) is 11.4 Å². The van der Waals surface area contributed by atoms with Crippen LogP contribution in [-0.4, -0.2) is 44.6 Å². The fourth-order valence-electron chi connectivity index (χ4n) is 3.90. The summed E-state index contributed by atoms with van der Waals surface area (Å²) >= 11 is 0. The average molecular weight is 535 g/mol. The molecule has 39 heavy (non-hydrogen) atoms.